The van der Waals surface area contributed by atoms with Gasteiger partial charge in [0, 0.05) is 18.6 Å². The van der Waals surface area contributed by atoms with E-state index in [1.807, 2.05) is 0 Å². The van der Waals surface area contributed by atoms with Gasteiger partial charge in [-0.25, -0.2) is 0 Å². The Morgan fingerprint density at radius 1 is 0.300 bits per heavy atom. The first-order valence-electron chi connectivity index (χ1n) is 6.46. The van der Waals surface area contributed by atoms with Crippen LogP contribution in [0.25, 0.3) is 0 Å². The standard InChI is InChI=1S/C12H24O6.ClH.V/c1-2-14-5-6-16-9-10-18-12-11-17-8-7-15-4-3-13-1;;/h1-12H2;1H;/p-1. The first-order valence-corrected chi connectivity index (χ1v) is 6.46. The second kappa shape index (κ2) is 19.6. The van der Waals surface area contributed by atoms with Crippen molar-refractivity contribution >= 4 is 0 Å². The Morgan fingerprint density at radius 3 is 0.500 bits per heavy atom. The van der Waals surface area contributed by atoms with E-state index in [0.717, 1.165) is 0 Å². The third-order valence-electron chi connectivity index (χ3n) is 2.23. The Balaban J connectivity index is 0. The van der Waals surface area contributed by atoms with Gasteiger partial charge in [-0.3, -0.25) is 0 Å². The van der Waals surface area contributed by atoms with Gasteiger partial charge in [0.25, 0.3) is 0 Å². The van der Waals surface area contributed by atoms with Crippen LogP contribution in [0.5, 0.6) is 0 Å². The Kier molecular flexibility index (Phi) is 22.5. The Morgan fingerprint density at radius 2 is 0.400 bits per heavy atom. The normalized spacial score (nSPS) is 21.6. The van der Waals surface area contributed by atoms with E-state index in [0.29, 0.717) is 79.3 Å². The molecule has 0 saturated carbocycles. The summed E-state index contributed by atoms with van der Waals surface area (Å²) in [4.78, 5) is 0. The minimum atomic E-state index is 0. The number of ether oxygens (including phenoxy) is 6. The van der Waals surface area contributed by atoms with Gasteiger partial charge in [-0.05, 0) is 0 Å². The van der Waals surface area contributed by atoms with E-state index in [-0.39, 0.29) is 31.0 Å². The van der Waals surface area contributed by atoms with Gasteiger partial charge in [-0.15, -0.1) is 0 Å². The van der Waals surface area contributed by atoms with Crippen molar-refractivity contribution in [3.05, 3.63) is 0 Å². The first-order chi connectivity index (χ1) is 9.00. The fourth-order valence-corrected chi connectivity index (χ4v) is 1.32. The van der Waals surface area contributed by atoms with Gasteiger partial charge >= 0.3 is 0 Å². The molecule has 1 fully saturated rings. The van der Waals surface area contributed by atoms with Crippen molar-refractivity contribution in [1.82, 2.24) is 0 Å². The van der Waals surface area contributed by atoms with Gasteiger partial charge < -0.3 is 40.8 Å². The van der Waals surface area contributed by atoms with Crippen molar-refractivity contribution in [2.45, 2.75) is 0 Å². The summed E-state index contributed by atoms with van der Waals surface area (Å²) in [5.41, 5.74) is 0. The van der Waals surface area contributed by atoms with E-state index in [9.17, 15) is 0 Å². The van der Waals surface area contributed by atoms with Crippen LogP contribution in [0.15, 0.2) is 0 Å². The molecular formula is C12H24ClO6V-. The second-order valence-corrected chi connectivity index (χ2v) is 3.67. The van der Waals surface area contributed by atoms with Crippen LogP contribution in [0.4, 0.5) is 0 Å². The van der Waals surface area contributed by atoms with E-state index < -0.39 is 0 Å². The van der Waals surface area contributed by atoms with Gasteiger partial charge in [0.05, 0.1) is 79.3 Å². The maximum atomic E-state index is 5.33. The SMILES string of the molecule is C1COCCOCCOCCOCCOCCO1.[Cl-].[V]. The average molecular weight is 351 g/mol. The topological polar surface area (TPSA) is 55.4 Å². The molecule has 0 aromatic rings. The molecule has 0 aliphatic carbocycles. The Hall–Kier alpha value is 0.634. The predicted molar refractivity (Wildman–Crippen MR) is 64.9 cm³/mol. The molecule has 0 spiro atoms. The number of hydrogen-bond donors (Lipinski definition) is 0. The molecule has 0 unspecified atom stereocenters. The molecule has 0 amide bonds. The fraction of sp³-hybridized carbons (Fsp3) is 1.00. The van der Waals surface area contributed by atoms with E-state index in [2.05, 4.69) is 0 Å². The Bertz CT molecular complexity index is 103. The van der Waals surface area contributed by atoms with Crippen LogP contribution in [0.1, 0.15) is 0 Å². The summed E-state index contributed by atoms with van der Waals surface area (Å²) < 4.78 is 32.0. The van der Waals surface area contributed by atoms with Crippen LogP contribution < -0.4 is 12.4 Å². The van der Waals surface area contributed by atoms with Crippen molar-refractivity contribution in [2.24, 2.45) is 0 Å². The van der Waals surface area contributed by atoms with Crippen LogP contribution in [0.2, 0.25) is 0 Å². The summed E-state index contributed by atoms with van der Waals surface area (Å²) in [5.74, 6) is 0. The van der Waals surface area contributed by atoms with Crippen LogP contribution >= 0.6 is 0 Å². The summed E-state index contributed by atoms with van der Waals surface area (Å²) in [6, 6.07) is 0. The van der Waals surface area contributed by atoms with Crippen molar-refractivity contribution in [3.63, 3.8) is 0 Å². The zero-order valence-electron chi connectivity index (χ0n) is 11.8. The molecule has 1 rings (SSSR count). The monoisotopic (exact) mass is 350 g/mol. The van der Waals surface area contributed by atoms with Crippen LogP contribution in [-0.4, -0.2) is 79.3 Å². The molecule has 0 atom stereocenters. The third-order valence-corrected chi connectivity index (χ3v) is 2.23. The van der Waals surface area contributed by atoms with Gasteiger partial charge in [-0.1, -0.05) is 0 Å². The quantitative estimate of drug-likeness (QED) is 0.467. The summed E-state index contributed by atoms with van der Waals surface area (Å²) in [5, 5.41) is 0. The molecule has 6 nitrogen and oxygen atoms in total. The van der Waals surface area contributed by atoms with Gasteiger partial charge in [0.2, 0.25) is 0 Å². The minimum Gasteiger partial charge on any atom is -1.00 e. The maximum Gasteiger partial charge on any atom is 0.0701 e. The summed E-state index contributed by atoms with van der Waals surface area (Å²) in [7, 11) is 0. The average Bonchev–Trinajstić information content (AvgIpc) is 2.39. The van der Waals surface area contributed by atoms with Gasteiger partial charge in [0.15, 0.2) is 0 Å². The van der Waals surface area contributed by atoms with Crippen molar-refractivity contribution in [1.29, 1.82) is 0 Å². The molecule has 1 heterocycles. The molecule has 1 saturated heterocycles. The minimum absolute atomic E-state index is 0. The molecule has 1 radical (unpaired) electrons. The molecule has 8 heteroatoms. The van der Waals surface area contributed by atoms with Gasteiger partial charge in [0.1, 0.15) is 0 Å². The van der Waals surface area contributed by atoms with Crippen molar-refractivity contribution < 1.29 is 59.4 Å². The number of halogens is 1. The molecule has 0 aromatic heterocycles. The zero-order valence-corrected chi connectivity index (χ0v) is 13.9. The molecule has 0 bridgehead atoms. The molecule has 1 aliphatic rings. The van der Waals surface area contributed by atoms with Crippen molar-refractivity contribution in [2.75, 3.05) is 79.3 Å². The molecular weight excluding hydrogens is 327 g/mol. The second-order valence-electron chi connectivity index (χ2n) is 3.67. The fourth-order valence-electron chi connectivity index (χ4n) is 1.32. The summed E-state index contributed by atoms with van der Waals surface area (Å²) in [6.45, 7) is 7.04. The van der Waals surface area contributed by atoms with Gasteiger partial charge in [-0.2, -0.15) is 0 Å². The van der Waals surface area contributed by atoms with Crippen molar-refractivity contribution in [3.8, 4) is 0 Å². The van der Waals surface area contributed by atoms with E-state index >= 15 is 0 Å². The molecule has 0 aromatic carbocycles. The number of hydrogen-bond acceptors (Lipinski definition) is 6. The third kappa shape index (κ3) is 16.7. The predicted octanol–water partition coefficient (Wildman–Crippen LogP) is -2.90. The molecule has 20 heavy (non-hydrogen) atoms. The molecule has 0 N–H and O–H groups in total. The van der Waals surface area contributed by atoms with Crippen LogP contribution in [0.3, 0.4) is 0 Å². The van der Waals surface area contributed by atoms with Crippen LogP contribution in [-0.2, 0) is 47.0 Å². The largest absolute Gasteiger partial charge is 1.00 e. The van der Waals surface area contributed by atoms with Crippen LogP contribution in [0, 0.1) is 0 Å². The number of rotatable bonds is 0. The van der Waals surface area contributed by atoms with E-state index in [4.69, 9.17) is 28.4 Å². The summed E-state index contributed by atoms with van der Waals surface area (Å²) >= 11 is 0. The van der Waals surface area contributed by atoms with E-state index in [1.165, 1.54) is 0 Å². The van der Waals surface area contributed by atoms with E-state index in [1.54, 1.807) is 0 Å². The summed E-state index contributed by atoms with van der Waals surface area (Å²) in [6.07, 6.45) is 0. The Labute approximate surface area is 139 Å². The maximum absolute atomic E-state index is 5.33. The molecule has 121 valence electrons. The molecule has 1 aliphatic heterocycles. The zero-order chi connectivity index (χ0) is 12.7. The smallest absolute Gasteiger partial charge is 0.0701 e. The first kappa shape index (κ1) is 22.9.